The van der Waals surface area contributed by atoms with Crippen LogP contribution in [0.25, 0.3) is 0 Å². The lowest BCUT2D eigenvalue weighted by molar-refractivity contribution is 0.0563. The fourth-order valence-corrected chi connectivity index (χ4v) is 2.03. The molecule has 0 atom stereocenters. The average molecular weight is 289 g/mol. The van der Waals surface area contributed by atoms with Crippen LogP contribution in [0.1, 0.15) is 28.6 Å². The summed E-state index contributed by atoms with van der Waals surface area (Å²) in [5.74, 6) is 0.605. The van der Waals surface area contributed by atoms with Gasteiger partial charge in [-0.2, -0.15) is 0 Å². The smallest absolute Gasteiger partial charge is 0.374 e. The molecule has 0 aliphatic heterocycles. The Labute approximate surface area is 123 Å². The highest BCUT2D eigenvalue weighted by Gasteiger charge is 2.15. The zero-order valence-corrected chi connectivity index (χ0v) is 12.4. The van der Waals surface area contributed by atoms with Crippen molar-refractivity contribution in [1.82, 2.24) is 0 Å². The molecule has 0 unspecified atom stereocenters. The van der Waals surface area contributed by atoms with Gasteiger partial charge in [0, 0.05) is 17.8 Å². The van der Waals surface area contributed by atoms with Gasteiger partial charge in [0.1, 0.15) is 5.75 Å². The number of furan rings is 1. The van der Waals surface area contributed by atoms with Gasteiger partial charge < -0.3 is 19.2 Å². The van der Waals surface area contributed by atoms with E-state index < -0.39 is 5.97 Å². The van der Waals surface area contributed by atoms with Crippen molar-refractivity contribution in [3.05, 3.63) is 47.4 Å². The molecule has 0 aliphatic rings. The Hall–Kier alpha value is -2.43. The minimum atomic E-state index is -0.472. The number of carbonyl (C=O) groups excluding carboxylic acids is 1. The van der Waals surface area contributed by atoms with Crippen LogP contribution in [0.3, 0.4) is 0 Å². The number of methoxy groups -OCH3 is 1. The van der Waals surface area contributed by atoms with Gasteiger partial charge in [0.05, 0.1) is 20.0 Å². The second-order valence-corrected chi connectivity index (χ2v) is 4.53. The summed E-state index contributed by atoms with van der Waals surface area (Å²) in [5, 5.41) is 3.28. The van der Waals surface area contributed by atoms with Gasteiger partial charge >= 0.3 is 5.97 Å². The van der Waals surface area contributed by atoms with Gasteiger partial charge in [-0.05, 0) is 43.7 Å². The quantitative estimate of drug-likeness (QED) is 0.826. The van der Waals surface area contributed by atoms with E-state index in [9.17, 15) is 4.79 Å². The van der Waals surface area contributed by atoms with Gasteiger partial charge in [0.2, 0.25) is 5.76 Å². The number of anilines is 1. The first-order chi connectivity index (χ1) is 10.2. The maximum Gasteiger partial charge on any atom is 0.374 e. The number of hydrogen-bond acceptors (Lipinski definition) is 5. The fraction of sp³-hybridized carbons (Fsp3) is 0.312. The Morgan fingerprint density at radius 3 is 2.81 bits per heavy atom. The summed E-state index contributed by atoms with van der Waals surface area (Å²) < 4.78 is 15.3. The topological polar surface area (TPSA) is 60.7 Å². The molecule has 1 heterocycles. The van der Waals surface area contributed by atoms with Crippen molar-refractivity contribution in [3.63, 3.8) is 0 Å². The lowest BCUT2D eigenvalue weighted by Crippen LogP contribution is -2.07. The van der Waals surface area contributed by atoms with E-state index >= 15 is 0 Å². The highest BCUT2D eigenvalue weighted by molar-refractivity contribution is 5.87. The zero-order valence-electron chi connectivity index (χ0n) is 12.4. The molecule has 0 bridgehead atoms. The average Bonchev–Trinajstić information content (AvgIpc) is 2.94. The van der Waals surface area contributed by atoms with Crippen molar-refractivity contribution in [3.8, 4) is 5.75 Å². The molecule has 0 aliphatic carbocycles. The molecular formula is C16H19NO4. The highest BCUT2D eigenvalue weighted by Crippen LogP contribution is 2.22. The molecule has 112 valence electrons. The van der Waals surface area contributed by atoms with Crippen molar-refractivity contribution >= 4 is 11.7 Å². The van der Waals surface area contributed by atoms with Crippen LogP contribution < -0.4 is 10.1 Å². The monoisotopic (exact) mass is 289 g/mol. The van der Waals surface area contributed by atoms with Gasteiger partial charge in [0.25, 0.3) is 0 Å². The maximum absolute atomic E-state index is 11.5. The van der Waals surface area contributed by atoms with E-state index in [1.54, 1.807) is 6.07 Å². The van der Waals surface area contributed by atoms with Crippen LogP contribution in [-0.2, 0) is 11.3 Å². The van der Waals surface area contributed by atoms with E-state index in [2.05, 4.69) is 10.1 Å². The van der Waals surface area contributed by atoms with Gasteiger partial charge in [-0.1, -0.05) is 0 Å². The minimum Gasteiger partial charge on any atom is -0.494 e. The van der Waals surface area contributed by atoms with Crippen LogP contribution in [0.4, 0.5) is 5.69 Å². The number of rotatable bonds is 6. The molecule has 1 N–H and O–H groups in total. The molecule has 0 saturated carbocycles. The Morgan fingerprint density at radius 1 is 1.33 bits per heavy atom. The third-order valence-corrected chi connectivity index (χ3v) is 3.10. The predicted octanol–water partition coefficient (Wildman–Crippen LogP) is 3.39. The van der Waals surface area contributed by atoms with Gasteiger partial charge in [-0.25, -0.2) is 4.79 Å². The first kappa shape index (κ1) is 15.0. The summed E-state index contributed by atoms with van der Waals surface area (Å²) >= 11 is 0. The van der Waals surface area contributed by atoms with Gasteiger partial charge in [-0.3, -0.25) is 0 Å². The molecule has 0 saturated heterocycles. The van der Waals surface area contributed by atoms with Crippen LogP contribution in [-0.4, -0.2) is 19.7 Å². The number of aryl methyl sites for hydroxylation is 1. The fourth-order valence-electron chi connectivity index (χ4n) is 2.03. The molecule has 0 radical (unpaired) electrons. The normalized spacial score (nSPS) is 10.2. The lowest BCUT2D eigenvalue weighted by Gasteiger charge is -2.11. The summed E-state index contributed by atoms with van der Waals surface area (Å²) in [6.45, 7) is 5.08. The van der Waals surface area contributed by atoms with Crippen molar-refractivity contribution in [2.45, 2.75) is 20.4 Å². The molecule has 2 aromatic rings. The summed E-state index contributed by atoms with van der Waals surface area (Å²) in [6, 6.07) is 7.60. The molecule has 5 heteroatoms. The summed E-state index contributed by atoms with van der Waals surface area (Å²) in [6.07, 6.45) is 1.48. The molecule has 0 amide bonds. The highest BCUT2D eigenvalue weighted by atomic mass is 16.5. The Kier molecular flexibility index (Phi) is 4.87. The van der Waals surface area contributed by atoms with Crippen LogP contribution >= 0.6 is 0 Å². The standard InChI is InChI=1S/C16H19NO4/c1-4-20-13-5-6-14(11(2)9-13)17-10-12-7-8-21-15(12)16(18)19-3/h5-9,17H,4,10H2,1-3H3. The molecule has 2 rings (SSSR count). The van der Waals surface area contributed by atoms with Crippen LogP contribution in [0.15, 0.2) is 34.9 Å². The van der Waals surface area contributed by atoms with E-state index in [4.69, 9.17) is 9.15 Å². The van der Waals surface area contributed by atoms with Crippen LogP contribution in [0, 0.1) is 6.92 Å². The van der Waals surface area contributed by atoms with E-state index in [1.165, 1.54) is 13.4 Å². The largest absolute Gasteiger partial charge is 0.494 e. The van der Waals surface area contributed by atoms with Crippen LogP contribution in [0.2, 0.25) is 0 Å². The number of ether oxygens (including phenoxy) is 2. The summed E-state index contributed by atoms with van der Waals surface area (Å²) in [4.78, 5) is 11.5. The second-order valence-electron chi connectivity index (χ2n) is 4.53. The van der Waals surface area contributed by atoms with Crippen molar-refractivity contribution in [1.29, 1.82) is 0 Å². The molecule has 0 spiro atoms. The van der Waals surface area contributed by atoms with E-state index in [-0.39, 0.29) is 5.76 Å². The maximum atomic E-state index is 11.5. The lowest BCUT2D eigenvalue weighted by atomic mass is 10.1. The van der Waals surface area contributed by atoms with Crippen molar-refractivity contribution < 1.29 is 18.7 Å². The molecule has 1 aromatic heterocycles. The molecule has 21 heavy (non-hydrogen) atoms. The summed E-state index contributed by atoms with van der Waals surface area (Å²) in [7, 11) is 1.33. The number of carbonyl (C=O) groups is 1. The van der Waals surface area contributed by atoms with E-state index in [0.29, 0.717) is 13.2 Å². The predicted molar refractivity (Wildman–Crippen MR) is 79.7 cm³/mol. The third kappa shape index (κ3) is 3.56. The molecule has 5 nitrogen and oxygen atoms in total. The zero-order chi connectivity index (χ0) is 15.2. The molecule has 1 aromatic carbocycles. The number of esters is 1. The van der Waals surface area contributed by atoms with Crippen molar-refractivity contribution in [2.24, 2.45) is 0 Å². The Balaban J connectivity index is 2.07. The van der Waals surface area contributed by atoms with Gasteiger partial charge in [0.15, 0.2) is 0 Å². The van der Waals surface area contributed by atoms with E-state index in [0.717, 1.165) is 22.6 Å². The van der Waals surface area contributed by atoms with Crippen molar-refractivity contribution in [2.75, 3.05) is 19.0 Å². The number of hydrogen-bond donors (Lipinski definition) is 1. The second kappa shape index (κ2) is 6.83. The number of benzene rings is 1. The Morgan fingerprint density at radius 2 is 2.14 bits per heavy atom. The Bertz CT molecular complexity index is 618. The summed E-state index contributed by atoms with van der Waals surface area (Å²) in [5.41, 5.74) is 2.81. The van der Waals surface area contributed by atoms with Crippen LogP contribution in [0.5, 0.6) is 5.75 Å². The third-order valence-electron chi connectivity index (χ3n) is 3.10. The first-order valence-corrected chi connectivity index (χ1v) is 6.77. The van der Waals surface area contributed by atoms with E-state index in [1.807, 2.05) is 32.0 Å². The molecular weight excluding hydrogens is 270 g/mol. The van der Waals surface area contributed by atoms with Gasteiger partial charge in [-0.15, -0.1) is 0 Å². The molecule has 0 fully saturated rings. The minimum absolute atomic E-state index is 0.230. The SMILES string of the molecule is CCOc1ccc(NCc2ccoc2C(=O)OC)c(C)c1. The number of nitrogens with one attached hydrogen (secondary N) is 1. The first-order valence-electron chi connectivity index (χ1n) is 6.77.